The predicted octanol–water partition coefficient (Wildman–Crippen LogP) is 3.02. The van der Waals surface area contributed by atoms with Crippen molar-refractivity contribution >= 4 is 11.4 Å². The molecule has 0 unspecified atom stereocenters. The second-order valence-corrected chi connectivity index (χ2v) is 4.72. The topological polar surface area (TPSA) is 85.0 Å². The highest BCUT2D eigenvalue weighted by atomic mass is 19.1. The largest absolute Gasteiger partial charge is 0.411 e. The van der Waals surface area contributed by atoms with Crippen LogP contribution >= 0.6 is 0 Å². The van der Waals surface area contributed by atoms with E-state index in [2.05, 4.69) is 5.16 Å². The number of halogens is 1. The van der Waals surface area contributed by atoms with Crippen LogP contribution in [0.1, 0.15) is 31.2 Å². The van der Waals surface area contributed by atoms with E-state index in [-0.39, 0.29) is 12.7 Å². The van der Waals surface area contributed by atoms with E-state index in [1.807, 2.05) is 0 Å². The monoisotopic (exact) mass is 282 g/mol. The van der Waals surface area contributed by atoms with E-state index in [1.165, 1.54) is 6.07 Å². The zero-order valence-corrected chi connectivity index (χ0v) is 10.8. The maximum absolute atomic E-state index is 13.4. The normalized spacial score (nSPS) is 18.9. The Labute approximate surface area is 115 Å². The molecule has 1 aromatic rings. The van der Waals surface area contributed by atoms with E-state index in [4.69, 9.17) is 9.94 Å². The summed E-state index contributed by atoms with van der Waals surface area (Å²) in [6, 6.07) is 3.76. The molecule has 2 rings (SSSR count). The van der Waals surface area contributed by atoms with Gasteiger partial charge in [-0.05, 0) is 43.4 Å². The molecule has 1 fully saturated rings. The Balaban J connectivity index is 1.89. The van der Waals surface area contributed by atoms with Crippen molar-refractivity contribution in [2.24, 2.45) is 5.16 Å². The molecule has 1 N–H and O–H groups in total. The number of ether oxygens (including phenoxy) is 1. The number of oxime groups is 1. The van der Waals surface area contributed by atoms with Crippen molar-refractivity contribution in [2.75, 3.05) is 0 Å². The summed E-state index contributed by atoms with van der Waals surface area (Å²) in [6.07, 6.45) is 2.94. The summed E-state index contributed by atoms with van der Waals surface area (Å²) in [7, 11) is 0. The molecule has 1 aliphatic rings. The van der Waals surface area contributed by atoms with Gasteiger partial charge in [0.2, 0.25) is 5.82 Å². The first-order chi connectivity index (χ1) is 9.60. The lowest BCUT2D eigenvalue weighted by atomic mass is 9.96. The fraction of sp³-hybridized carbons (Fsp3) is 0.462. The molecule has 0 radical (unpaired) electrons. The molecular formula is C13H15FN2O4. The van der Waals surface area contributed by atoms with Crippen LogP contribution < -0.4 is 0 Å². The highest BCUT2D eigenvalue weighted by molar-refractivity contribution is 5.84. The van der Waals surface area contributed by atoms with Crippen LogP contribution in [0.3, 0.4) is 0 Å². The number of nitro benzene ring substituents is 1. The van der Waals surface area contributed by atoms with E-state index in [9.17, 15) is 14.5 Å². The van der Waals surface area contributed by atoms with Gasteiger partial charge in [0.25, 0.3) is 0 Å². The maximum Gasteiger partial charge on any atom is 0.304 e. The zero-order chi connectivity index (χ0) is 14.5. The number of rotatable bonds is 4. The third-order valence-corrected chi connectivity index (χ3v) is 3.35. The van der Waals surface area contributed by atoms with Crippen LogP contribution in [0.15, 0.2) is 23.4 Å². The van der Waals surface area contributed by atoms with Gasteiger partial charge in [-0.15, -0.1) is 0 Å². The molecule has 0 heterocycles. The van der Waals surface area contributed by atoms with E-state index in [1.54, 1.807) is 0 Å². The molecule has 0 spiro atoms. The third-order valence-electron chi connectivity index (χ3n) is 3.35. The Morgan fingerprint density at radius 3 is 2.70 bits per heavy atom. The van der Waals surface area contributed by atoms with Gasteiger partial charge in [-0.1, -0.05) is 5.16 Å². The number of hydrogen-bond donors (Lipinski definition) is 1. The Bertz CT molecular complexity index is 523. The Morgan fingerprint density at radius 2 is 2.15 bits per heavy atom. The molecular weight excluding hydrogens is 267 g/mol. The molecule has 20 heavy (non-hydrogen) atoms. The Hall–Kier alpha value is -2.02. The van der Waals surface area contributed by atoms with Crippen molar-refractivity contribution in [2.45, 2.75) is 38.4 Å². The molecule has 0 aliphatic heterocycles. The van der Waals surface area contributed by atoms with E-state index in [0.717, 1.165) is 30.7 Å². The van der Waals surface area contributed by atoms with Crippen molar-refractivity contribution in [3.8, 4) is 0 Å². The molecule has 108 valence electrons. The van der Waals surface area contributed by atoms with Gasteiger partial charge >= 0.3 is 5.69 Å². The minimum Gasteiger partial charge on any atom is -0.411 e. The lowest BCUT2D eigenvalue weighted by molar-refractivity contribution is -0.387. The molecule has 7 heteroatoms. The van der Waals surface area contributed by atoms with Crippen molar-refractivity contribution in [1.29, 1.82) is 0 Å². The van der Waals surface area contributed by atoms with Gasteiger partial charge in [-0.25, -0.2) is 0 Å². The standard InChI is InChI=1S/C13H15FN2O4/c14-12-7-9(1-6-13(12)16(18)19)8-20-11-4-2-10(15-17)3-5-11/h1,6-7,11,17H,2-5,8H2. The number of nitro groups is 1. The highest BCUT2D eigenvalue weighted by Gasteiger charge is 2.19. The first-order valence-corrected chi connectivity index (χ1v) is 6.34. The van der Waals surface area contributed by atoms with Gasteiger partial charge in [-0.2, -0.15) is 4.39 Å². The summed E-state index contributed by atoms with van der Waals surface area (Å²) in [5, 5.41) is 22.3. The van der Waals surface area contributed by atoms with Crippen LogP contribution in [0, 0.1) is 15.9 Å². The van der Waals surface area contributed by atoms with Crippen LogP contribution in [0.25, 0.3) is 0 Å². The Kier molecular flexibility index (Phi) is 4.62. The van der Waals surface area contributed by atoms with Crippen LogP contribution in [0.4, 0.5) is 10.1 Å². The molecule has 0 aromatic heterocycles. The summed E-state index contributed by atoms with van der Waals surface area (Å²) >= 11 is 0. The minimum absolute atomic E-state index is 0.0405. The highest BCUT2D eigenvalue weighted by Crippen LogP contribution is 2.22. The summed E-state index contributed by atoms with van der Waals surface area (Å²) in [5.41, 5.74) is 0.802. The molecule has 0 saturated heterocycles. The summed E-state index contributed by atoms with van der Waals surface area (Å²) in [4.78, 5) is 9.75. The van der Waals surface area contributed by atoms with Crippen molar-refractivity contribution in [1.82, 2.24) is 0 Å². The molecule has 6 nitrogen and oxygen atoms in total. The first-order valence-electron chi connectivity index (χ1n) is 6.34. The van der Waals surface area contributed by atoms with E-state index >= 15 is 0 Å². The number of nitrogens with zero attached hydrogens (tertiary/aromatic N) is 2. The molecule has 0 atom stereocenters. The number of benzene rings is 1. The van der Waals surface area contributed by atoms with E-state index in [0.29, 0.717) is 18.4 Å². The van der Waals surface area contributed by atoms with Crippen molar-refractivity contribution in [3.63, 3.8) is 0 Å². The fourth-order valence-electron chi connectivity index (χ4n) is 2.19. The van der Waals surface area contributed by atoms with Gasteiger partial charge in [-0.3, -0.25) is 10.1 Å². The second-order valence-electron chi connectivity index (χ2n) is 4.72. The predicted molar refractivity (Wildman–Crippen MR) is 69.3 cm³/mol. The van der Waals surface area contributed by atoms with Gasteiger partial charge in [0.05, 0.1) is 23.3 Å². The van der Waals surface area contributed by atoms with Gasteiger partial charge in [0.1, 0.15) is 0 Å². The average Bonchev–Trinajstić information content (AvgIpc) is 2.45. The summed E-state index contributed by atoms with van der Waals surface area (Å²) in [5.74, 6) is -0.852. The SMILES string of the molecule is O=[N+]([O-])c1ccc(COC2CCC(=NO)CC2)cc1F. The smallest absolute Gasteiger partial charge is 0.304 e. The minimum atomic E-state index is -0.852. The lowest BCUT2D eigenvalue weighted by Gasteiger charge is -2.22. The zero-order valence-electron chi connectivity index (χ0n) is 10.8. The van der Waals surface area contributed by atoms with E-state index < -0.39 is 16.4 Å². The number of hydrogen-bond acceptors (Lipinski definition) is 5. The molecule has 0 bridgehead atoms. The maximum atomic E-state index is 13.4. The first kappa shape index (κ1) is 14.4. The van der Waals surface area contributed by atoms with Crippen LogP contribution in [0.5, 0.6) is 0 Å². The molecule has 1 aromatic carbocycles. The van der Waals surface area contributed by atoms with Gasteiger partial charge in [0.15, 0.2) is 0 Å². The fourth-order valence-corrected chi connectivity index (χ4v) is 2.19. The van der Waals surface area contributed by atoms with Crippen LogP contribution in [0.2, 0.25) is 0 Å². The van der Waals surface area contributed by atoms with Crippen LogP contribution in [-0.2, 0) is 11.3 Å². The quantitative estimate of drug-likeness (QED) is 0.522. The van der Waals surface area contributed by atoms with Gasteiger partial charge in [0, 0.05) is 6.07 Å². The second kappa shape index (κ2) is 6.42. The Morgan fingerprint density at radius 1 is 1.45 bits per heavy atom. The lowest BCUT2D eigenvalue weighted by Crippen LogP contribution is -2.21. The third kappa shape index (κ3) is 3.51. The average molecular weight is 282 g/mol. The molecule has 1 aliphatic carbocycles. The van der Waals surface area contributed by atoms with Crippen LogP contribution in [-0.4, -0.2) is 21.9 Å². The van der Waals surface area contributed by atoms with Crippen molar-refractivity contribution in [3.05, 3.63) is 39.7 Å². The van der Waals surface area contributed by atoms with Crippen molar-refractivity contribution < 1.29 is 19.3 Å². The van der Waals surface area contributed by atoms with Gasteiger partial charge < -0.3 is 9.94 Å². The molecule has 0 amide bonds. The molecule has 1 saturated carbocycles. The summed E-state index contributed by atoms with van der Waals surface area (Å²) < 4.78 is 19.1. The summed E-state index contributed by atoms with van der Waals surface area (Å²) in [6.45, 7) is 0.213.